The highest BCUT2D eigenvalue weighted by Gasteiger charge is 2.12. The first kappa shape index (κ1) is 12.2. The lowest BCUT2D eigenvalue weighted by Gasteiger charge is -2.08. The van der Waals surface area contributed by atoms with Crippen molar-refractivity contribution in [2.24, 2.45) is 5.92 Å². The van der Waals surface area contributed by atoms with Gasteiger partial charge in [-0.25, -0.2) is 4.79 Å². The summed E-state index contributed by atoms with van der Waals surface area (Å²) in [4.78, 5) is 21.9. The minimum Gasteiger partial charge on any atom is -0.338 e. The number of alkyl halides is 1. The third kappa shape index (κ3) is 6.40. The summed E-state index contributed by atoms with van der Waals surface area (Å²) in [5.41, 5.74) is 0. The molecule has 0 spiro atoms. The second kappa shape index (κ2) is 5.80. The van der Waals surface area contributed by atoms with Crippen LogP contribution in [-0.4, -0.2) is 23.9 Å². The van der Waals surface area contributed by atoms with Gasteiger partial charge >= 0.3 is 6.03 Å². The summed E-state index contributed by atoms with van der Waals surface area (Å²) in [5, 5.41) is 3.96. The van der Waals surface area contributed by atoms with Crippen molar-refractivity contribution in [2.45, 2.75) is 26.1 Å². The molecular formula is C8H15ClN2O2. The van der Waals surface area contributed by atoms with Crippen LogP contribution in [0.5, 0.6) is 0 Å². The molecule has 0 aromatic carbocycles. The molecule has 3 amide bonds. The molecule has 0 aromatic heterocycles. The average Bonchev–Trinajstić information content (AvgIpc) is 2.00. The number of carbonyl (C=O) groups excluding carboxylic acids is 2. The molecule has 0 bridgehead atoms. The van der Waals surface area contributed by atoms with Crippen molar-refractivity contribution in [1.29, 1.82) is 0 Å². The van der Waals surface area contributed by atoms with Gasteiger partial charge in [0, 0.05) is 6.54 Å². The van der Waals surface area contributed by atoms with Gasteiger partial charge in [0.1, 0.15) is 5.38 Å². The molecule has 0 aromatic rings. The maximum atomic E-state index is 11.0. The Morgan fingerprint density at radius 2 is 1.85 bits per heavy atom. The molecule has 76 valence electrons. The van der Waals surface area contributed by atoms with Crippen LogP contribution in [0.1, 0.15) is 20.8 Å². The number of carbonyl (C=O) groups is 2. The summed E-state index contributed by atoms with van der Waals surface area (Å²) in [6.45, 7) is 5.97. The van der Waals surface area contributed by atoms with Gasteiger partial charge < -0.3 is 5.32 Å². The topological polar surface area (TPSA) is 58.2 Å². The Morgan fingerprint density at radius 1 is 1.31 bits per heavy atom. The van der Waals surface area contributed by atoms with Crippen molar-refractivity contribution < 1.29 is 9.59 Å². The summed E-state index contributed by atoms with van der Waals surface area (Å²) >= 11 is 5.44. The normalized spacial score (nSPS) is 12.4. The third-order valence-electron chi connectivity index (χ3n) is 1.27. The van der Waals surface area contributed by atoms with Gasteiger partial charge in [0.15, 0.2) is 0 Å². The molecule has 0 aliphatic rings. The van der Waals surface area contributed by atoms with Crippen molar-refractivity contribution in [3.8, 4) is 0 Å². The maximum Gasteiger partial charge on any atom is 0.321 e. The predicted molar refractivity (Wildman–Crippen MR) is 51.7 cm³/mol. The number of halogens is 1. The zero-order chi connectivity index (χ0) is 10.4. The van der Waals surface area contributed by atoms with E-state index in [-0.39, 0.29) is 0 Å². The molecule has 1 unspecified atom stereocenters. The zero-order valence-electron chi connectivity index (χ0n) is 8.06. The Labute approximate surface area is 83.0 Å². The van der Waals surface area contributed by atoms with E-state index in [1.165, 1.54) is 6.92 Å². The van der Waals surface area contributed by atoms with E-state index in [9.17, 15) is 9.59 Å². The molecule has 0 aliphatic heterocycles. The van der Waals surface area contributed by atoms with Gasteiger partial charge in [0.05, 0.1) is 0 Å². The van der Waals surface area contributed by atoms with E-state index < -0.39 is 17.3 Å². The Morgan fingerprint density at radius 3 is 2.23 bits per heavy atom. The Bertz CT molecular complexity index is 193. The number of hydrogen-bond donors (Lipinski definition) is 2. The van der Waals surface area contributed by atoms with Crippen LogP contribution in [0.3, 0.4) is 0 Å². The summed E-state index contributed by atoms with van der Waals surface area (Å²) in [6.07, 6.45) is 0. The Hall–Kier alpha value is -0.770. The van der Waals surface area contributed by atoms with Crippen LogP contribution < -0.4 is 10.6 Å². The van der Waals surface area contributed by atoms with Crippen LogP contribution in [-0.2, 0) is 4.79 Å². The molecule has 13 heavy (non-hydrogen) atoms. The molecule has 0 fully saturated rings. The quantitative estimate of drug-likeness (QED) is 0.680. The second-order valence-corrected chi connectivity index (χ2v) is 3.86. The van der Waals surface area contributed by atoms with E-state index in [2.05, 4.69) is 10.6 Å². The minimum atomic E-state index is -0.690. The van der Waals surface area contributed by atoms with Crippen LogP contribution in [0.2, 0.25) is 0 Å². The third-order valence-corrected chi connectivity index (χ3v) is 1.47. The van der Waals surface area contributed by atoms with Crippen molar-refractivity contribution in [3.05, 3.63) is 0 Å². The maximum absolute atomic E-state index is 11.0. The summed E-state index contributed by atoms with van der Waals surface area (Å²) in [5.74, 6) is -0.128. The molecule has 4 nitrogen and oxygen atoms in total. The fourth-order valence-corrected chi connectivity index (χ4v) is 0.607. The zero-order valence-corrected chi connectivity index (χ0v) is 8.81. The molecule has 2 N–H and O–H groups in total. The first-order chi connectivity index (χ1) is 5.93. The van der Waals surface area contributed by atoms with E-state index in [0.29, 0.717) is 12.5 Å². The number of hydrogen-bond acceptors (Lipinski definition) is 2. The van der Waals surface area contributed by atoms with Gasteiger partial charge in [0.2, 0.25) is 5.91 Å². The van der Waals surface area contributed by atoms with Gasteiger partial charge in [-0.05, 0) is 12.8 Å². The number of imide groups is 1. The lowest BCUT2D eigenvalue weighted by atomic mass is 10.2. The molecule has 0 heterocycles. The second-order valence-electron chi connectivity index (χ2n) is 3.21. The lowest BCUT2D eigenvalue weighted by molar-refractivity contribution is -0.119. The summed E-state index contributed by atoms with van der Waals surface area (Å²) < 4.78 is 0. The summed E-state index contributed by atoms with van der Waals surface area (Å²) in [6, 6.07) is -0.494. The van der Waals surface area contributed by atoms with Crippen LogP contribution in [0.4, 0.5) is 4.79 Å². The highest BCUT2D eigenvalue weighted by atomic mass is 35.5. The highest BCUT2D eigenvalue weighted by Crippen LogP contribution is 1.92. The molecule has 0 saturated heterocycles. The Kier molecular flexibility index (Phi) is 5.46. The van der Waals surface area contributed by atoms with Gasteiger partial charge in [0.25, 0.3) is 0 Å². The van der Waals surface area contributed by atoms with Crippen LogP contribution >= 0.6 is 11.6 Å². The molecule has 0 radical (unpaired) electrons. The van der Waals surface area contributed by atoms with Gasteiger partial charge in [-0.15, -0.1) is 11.6 Å². The van der Waals surface area contributed by atoms with E-state index >= 15 is 0 Å². The monoisotopic (exact) mass is 206 g/mol. The number of rotatable bonds is 3. The van der Waals surface area contributed by atoms with Gasteiger partial charge in [-0.3, -0.25) is 10.1 Å². The summed E-state index contributed by atoms with van der Waals surface area (Å²) in [7, 11) is 0. The van der Waals surface area contributed by atoms with Crippen LogP contribution in [0.25, 0.3) is 0 Å². The lowest BCUT2D eigenvalue weighted by Crippen LogP contribution is -2.43. The van der Waals surface area contributed by atoms with Gasteiger partial charge in [-0.1, -0.05) is 13.8 Å². The van der Waals surface area contributed by atoms with E-state index in [0.717, 1.165) is 0 Å². The van der Waals surface area contributed by atoms with Crippen molar-refractivity contribution in [2.75, 3.05) is 6.54 Å². The fraction of sp³-hybridized carbons (Fsp3) is 0.750. The van der Waals surface area contributed by atoms with Crippen molar-refractivity contribution >= 4 is 23.5 Å². The van der Waals surface area contributed by atoms with Gasteiger partial charge in [-0.2, -0.15) is 0 Å². The largest absolute Gasteiger partial charge is 0.338 e. The number of nitrogens with one attached hydrogen (secondary N) is 2. The smallest absolute Gasteiger partial charge is 0.321 e. The minimum absolute atomic E-state index is 0.356. The predicted octanol–water partition coefficient (Wildman–Crippen LogP) is 1.10. The standard InChI is InChI=1S/C8H15ClN2O2/c1-5(2)4-10-8(13)11-7(12)6(3)9/h5-6H,4H2,1-3H3,(H2,10,11,12,13). The molecular weight excluding hydrogens is 192 g/mol. The van der Waals surface area contributed by atoms with Crippen molar-refractivity contribution in [1.82, 2.24) is 10.6 Å². The highest BCUT2D eigenvalue weighted by molar-refractivity contribution is 6.31. The first-order valence-corrected chi connectivity index (χ1v) is 4.60. The SMILES string of the molecule is CC(C)CNC(=O)NC(=O)C(C)Cl. The van der Waals surface area contributed by atoms with E-state index in [1.807, 2.05) is 13.8 Å². The number of urea groups is 1. The molecule has 1 atom stereocenters. The van der Waals surface area contributed by atoms with E-state index in [1.54, 1.807) is 0 Å². The van der Waals surface area contributed by atoms with Crippen LogP contribution in [0.15, 0.2) is 0 Å². The molecule has 0 saturated carbocycles. The molecule has 0 aliphatic carbocycles. The average molecular weight is 207 g/mol. The fourth-order valence-electron chi connectivity index (χ4n) is 0.552. The van der Waals surface area contributed by atoms with Crippen LogP contribution in [0, 0.1) is 5.92 Å². The number of amides is 3. The van der Waals surface area contributed by atoms with Crippen molar-refractivity contribution in [3.63, 3.8) is 0 Å². The van der Waals surface area contributed by atoms with E-state index in [4.69, 9.17) is 11.6 Å². The first-order valence-electron chi connectivity index (χ1n) is 4.16. The molecule has 5 heteroatoms. The molecule has 0 rings (SSSR count). The Balaban J connectivity index is 3.69.